The third-order valence-corrected chi connectivity index (χ3v) is 4.26. The zero-order chi connectivity index (χ0) is 11.5. The molecule has 0 bridgehead atoms. The quantitative estimate of drug-likeness (QED) is 0.732. The predicted molar refractivity (Wildman–Crippen MR) is 64.3 cm³/mol. The van der Waals surface area contributed by atoms with Gasteiger partial charge in [0.05, 0.1) is 12.2 Å². The topological polar surface area (TPSA) is 26.3 Å². The second-order valence-corrected chi connectivity index (χ2v) is 5.42. The van der Waals surface area contributed by atoms with Gasteiger partial charge in [-0.3, -0.25) is 4.79 Å². The number of ether oxygens (including phenoxy) is 1. The number of fused-ring (bicyclic) bond motifs is 1. The minimum atomic E-state index is 0.164. The number of ketones is 1. The van der Waals surface area contributed by atoms with E-state index in [9.17, 15) is 4.79 Å². The van der Waals surface area contributed by atoms with Gasteiger partial charge in [0.15, 0.2) is 0 Å². The van der Waals surface area contributed by atoms with E-state index in [1.54, 1.807) is 0 Å². The summed E-state index contributed by atoms with van der Waals surface area (Å²) in [7, 11) is 0. The summed E-state index contributed by atoms with van der Waals surface area (Å²) in [6.45, 7) is 4.23. The van der Waals surface area contributed by atoms with Crippen LogP contribution in [0.3, 0.4) is 0 Å². The van der Waals surface area contributed by atoms with Crippen LogP contribution in [0.2, 0.25) is 0 Å². The molecule has 1 saturated carbocycles. The molecule has 4 atom stereocenters. The van der Waals surface area contributed by atoms with E-state index in [2.05, 4.69) is 13.8 Å². The fourth-order valence-electron chi connectivity index (χ4n) is 3.43. The Bertz CT molecular complexity index is 249. The van der Waals surface area contributed by atoms with Gasteiger partial charge in [-0.2, -0.15) is 0 Å². The number of carbonyl (C=O) groups excluding carboxylic acids is 1. The molecule has 92 valence electrons. The van der Waals surface area contributed by atoms with Crippen LogP contribution < -0.4 is 0 Å². The largest absolute Gasteiger partial charge is 0.374 e. The fraction of sp³-hybridized carbons (Fsp3) is 0.929. The number of rotatable bonds is 4. The van der Waals surface area contributed by atoms with Crippen LogP contribution in [-0.2, 0) is 9.53 Å². The van der Waals surface area contributed by atoms with Gasteiger partial charge in [-0.25, -0.2) is 0 Å². The molecule has 0 unspecified atom stereocenters. The summed E-state index contributed by atoms with van der Waals surface area (Å²) < 4.78 is 5.96. The van der Waals surface area contributed by atoms with Gasteiger partial charge in [0, 0.05) is 12.3 Å². The van der Waals surface area contributed by atoms with Crippen molar-refractivity contribution >= 4 is 5.78 Å². The molecule has 0 N–H and O–H groups in total. The van der Waals surface area contributed by atoms with Crippen molar-refractivity contribution in [2.45, 2.75) is 71.0 Å². The number of hydrogen-bond acceptors (Lipinski definition) is 2. The smallest absolute Gasteiger partial charge is 0.138 e. The highest BCUT2D eigenvalue weighted by molar-refractivity contribution is 5.82. The predicted octanol–water partition coefficient (Wildman–Crippen LogP) is 3.34. The highest BCUT2D eigenvalue weighted by Crippen LogP contribution is 2.42. The van der Waals surface area contributed by atoms with E-state index < -0.39 is 0 Å². The summed E-state index contributed by atoms with van der Waals surface area (Å²) in [6, 6.07) is 0. The summed E-state index contributed by atoms with van der Waals surface area (Å²) in [5.74, 6) is 1.20. The molecule has 1 saturated heterocycles. The number of hydrogen-bond donors (Lipinski definition) is 0. The van der Waals surface area contributed by atoms with Gasteiger partial charge >= 0.3 is 0 Å². The molecule has 1 aliphatic carbocycles. The maximum absolute atomic E-state index is 12.2. The van der Waals surface area contributed by atoms with E-state index in [1.807, 2.05) is 0 Å². The highest BCUT2D eigenvalue weighted by Gasteiger charge is 2.45. The summed E-state index contributed by atoms with van der Waals surface area (Å²) in [5, 5.41) is 0. The monoisotopic (exact) mass is 224 g/mol. The molecule has 2 nitrogen and oxygen atoms in total. The molecular formula is C14H24O2. The number of unbranched alkanes of at least 4 members (excludes halogenated alkanes) is 1. The second-order valence-electron chi connectivity index (χ2n) is 5.42. The second kappa shape index (κ2) is 5.31. The Kier molecular flexibility index (Phi) is 4.01. The van der Waals surface area contributed by atoms with Crippen molar-refractivity contribution in [1.82, 2.24) is 0 Å². The third kappa shape index (κ3) is 2.32. The summed E-state index contributed by atoms with van der Waals surface area (Å²) in [5.41, 5.74) is 0. The molecule has 0 radical (unpaired) electrons. The Hall–Kier alpha value is -0.370. The van der Waals surface area contributed by atoms with E-state index in [0.29, 0.717) is 17.8 Å². The normalized spacial score (nSPS) is 38.4. The lowest BCUT2D eigenvalue weighted by Crippen LogP contribution is -2.30. The SMILES string of the molecule is CCCCC(=O)[C@@H]1[C@H]2CCCC[C@@H]2O[C@@H]1C. The molecule has 0 spiro atoms. The Morgan fingerprint density at radius 1 is 1.31 bits per heavy atom. The van der Waals surface area contributed by atoms with Crippen LogP contribution >= 0.6 is 0 Å². The Labute approximate surface area is 98.7 Å². The molecule has 0 amide bonds. The maximum atomic E-state index is 12.2. The van der Waals surface area contributed by atoms with Gasteiger partial charge in [-0.05, 0) is 32.1 Å². The first-order valence-corrected chi connectivity index (χ1v) is 6.92. The Morgan fingerprint density at radius 2 is 2.06 bits per heavy atom. The fourth-order valence-corrected chi connectivity index (χ4v) is 3.43. The van der Waals surface area contributed by atoms with Crippen molar-refractivity contribution in [3.05, 3.63) is 0 Å². The van der Waals surface area contributed by atoms with Crippen molar-refractivity contribution in [2.24, 2.45) is 11.8 Å². The van der Waals surface area contributed by atoms with E-state index in [4.69, 9.17) is 4.74 Å². The lowest BCUT2D eigenvalue weighted by atomic mass is 9.76. The van der Waals surface area contributed by atoms with Crippen LogP contribution in [0.15, 0.2) is 0 Å². The summed E-state index contributed by atoms with van der Waals surface area (Å²) >= 11 is 0. The average molecular weight is 224 g/mol. The number of carbonyl (C=O) groups is 1. The zero-order valence-corrected chi connectivity index (χ0v) is 10.6. The van der Waals surface area contributed by atoms with Crippen molar-refractivity contribution in [3.8, 4) is 0 Å². The van der Waals surface area contributed by atoms with Crippen molar-refractivity contribution in [3.63, 3.8) is 0 Å². The molecular weight excluding hydrogens is 200 g/mol. The van der Waals surface area contributed by atoms with Crippen molar-refractivity contribution < 1.29 is 9.53 Å². The van der Waals surface area contributed by atoms with Crippen LogP contribution in [0.4, 0.5) is 0 Å². The van der Waals surface area contributed by atoms with E-state index in [0.717, 1.165) is 19.3 Å². The first-order valence-electron chi connectivity index (χ1n) is 6.92. The van der Waals surface area contributed by atoms with Crippen LogP contribution in [0.5, 0.6) is 0 Å². The Balaban J connectivity index is 1.98. The highest BCUT2D eigenvalue weighted by atomic mass is 16.5. The molecule has 16 heavy (non-hydrogen) atoms. The van der Waals surface area contributed by atoms with Gasteiger partial charge in [0.1, 0.15) is 5.78 Å². The average Bonchev–Trinajstić information content (AvgIpc) is 2.62. The lowest BCUT2D eigenvalue weighted by Gasteiger charge is -2.26. The molecule has 2 rings (SSSR count). The zero-order valence-electron chi connectivity index (χ0n) is 10.6. The van der Waals surface area contributed by atoms with E-state index in [1.165, 1.54) is 25.7 Å². The Morgan fingerprint density at radius 3 is 2.81 bits per heavy atom. The standard InChI is InChI=1S/C14H24O2/c1-3-4-8-12(15)14-10(2)16-13-9-6-5-7-11(13)14/h10-11,13-14H,3-9H2,1-2H3/t10-,11+,13+,14+/m1/s1. The number of Topliss-reactive ketones (excluding diaryl/α,β-unsaturated/α-hetero) is 1. The molecule has 0 aromatic carbocycles. The van der Waals surface area contributed by atoms with Gasteiger partial charge in [0.25, 0.3) is 0 Å². The van der Waals surface area contributed by atoms with Crippen LogP contribution in [0, 0.1) is 11.8 Å². The van der Waals surface area contributed by atoms with Crippen molar-refractivity contribution in [1.29, 1.82) is 0 Å². The van der Waals surface area contributed by atoms with Crippen LogP contribution in [-0.4, -0.2) is 18.0 Å². The molecule has 1 aliphatic heterocycles. The summed E-state index contributed by atoms with van der Waals surface area (Å²) in [6.07, 6.45) is 8.42. The van der Waals surface area contributed by atoms with Crippen LogP contribution in [0.1, 0.15) is 58.8 Å². The molecule has 0 aromatic heterocycles. The first-order chi connectivity index (χ1) is 7.74. The molecule has 1 heterocycles. The minimum absolute atomic E-state index is 0.164. The third-order valence-electron chi connectivity index (χ3n) is 4.26. The lowest BCUT2D eigenvalue weighted by molar-refractivity contribution is -0.125. The van der Waals surface area contributed by atoms with Gasteiger partial charge in [-0.1, -0.05) is 26.2 Å². The first kappa shape index (κ1) is 12.1. The molecule has 0 aromatic rings. The van der Waals surface area contributed by atoms with E-state index >= 15 is 0 Å². The van der Waals surface area contributed by atoms with Gasteiger partial charge < -0.3 is 4.74 Å². The van der Waals surface area contributed by atoms with Crippen molar-refractivity contribution in [2.75, 3.05) is 0 Å². The molecule has 2 aliphatic rings. The molecule has 2 heteroatoms. The van der Waals surface area contributed by atoms with Gasteiger partial charge in [0.2, 0.25) is 0 Å². The maximum Gasteiger partial charge on any atom is 0.138 e. The molecule has 2 fully saturated rings. The minimum Gasteiger partial charge on any atom is -0.374 e. The van der Waals surface area contributed by atoms with E-state index in [-0.39, 0.29) is 12.0 Å². The van der Waals surface area contributed by atoms with Gasteiger partial charge in [-0.15, -0.1) is 0 Å². The summed E-state index contributed by atoms with van der Waals surface area (Å²) in [4.78, 5) is 12.2. The van der Waals surface area contributed by atoms with Crippen LogP contribution in [0.25, 0.3) is 0 Å².